The molecule has 0 atom stereocenters. The third-order valence-corrected chi connectivity index (χ3v) is 5.14. The van der Waals surface area contributed by atoms with Crippen LogP contribution >= 0.6 is 11.3 Å². The topological polar surface area (TPSA) is 56.1 Å². The number of anilines is 1. The molecule has 5 nitrogen and oxygen atoms in total. The van der Waals surface area contributed by atoms with Crippen LogP contribution in [0.4, 0.5) is 10.3 Å². The smallest absolute Gasteiger partial charge is 0.227 e. The molecule has 1 fully saturated rings. The molecular formula is C17H17FN5S-. The van der Waals surface area contributed by atoms with Crippen molar-refractivity contribution in [1.29, 1.82) is 0 Å². The monoisotopic (exact) mass is 342 g/mol. The standard InChI is InChI=1S/C17H17FN5S/c1-11-10-13-15(12-4-2-3-5-14(12)18)20-17(21-16(13)24-11)22-6-8-23(19)9-7-22/h2-5,10,19H,6-9H2,1H3/q-1. The van der Waals surface area contributed by atoms with Gasteiger partial charge in [-0.1, -0.05) is 12.1 Å². The minimum Gasteiger partial charge on any atom is -0.610 e. The first kappa shape index (κ1) is 15.4. The Balaban J connectivity index is 1.87. The van der Waals surface area contributed by atoms with Crippen LogP contribution in [-0.2, 0) is 0 Å². The minimum atomic E-state index is -0.275. The Morgan fingerprint density at radius 2 is 1.88 bits per heavy atom. The predicted octanol–water partition coefficient (Wildman–Crippen LogP) is 3.90. The lowest BCUT2D eigenvalue weighted by Crippen LogP contribution is -2.43. The Morgan fingerprint density at radius 3 is 2.62 bits per heavy atom. The predicted molar refractivity (Wildman–Crippen MR) is 95.7 cm³/mol. The summed E-state index contributed by atoms with van der Waals surface area (Å²) in [5, 5.41) is 2.44. The zero-order valence-electron chi connectivity index (χ0n) is 13.3. The number of benzene rings is 1. The van der Waals surface area contributed by atoms with Gasteiger partial charge in [-0.25, -0.2) is 14.4 Å². The summed E-state index contributed by atoms with van der Waals surface area (Å²) in [4.78, 5) is 13.5. The first-order valence-corrected chi connectivity index (χ1v) is 8.67. The normalized spacial score (nSPS) is 16.0. The van der Waals surface area contributed by atoms with Crippen molar-refractivity contribution < 1.29 is 4.39 Å². The number of nitrogens with one attached hydrogen (secondary N) is 1. The number of hydrogen-bond acceptors (Lipinski definition) is 5. The molecule has 0 amide bonds. The Bertz CT molecular complexity index is 886. The first-order valence-electron chi connectivity index (χ1n) is 7.86. The SMILES string of the molecule is Cc1cc2c(-c3ccccc3F)nc(N3CCN([NH-])CC3)nc2s1. The van der Waals surface area contributed by atoms with E-state index in [2.05, 4.69) is 4.90 Å². The number of fused-ring (bicyclic) bond motifs is 1. The molecule has 124 valence electrons. The van der Waals surface area contributed by atoms with Crippen LogP contribution in [0.15, 0.2) is 30.3 Å². The van der Waals surface area contributed by atoms with Gasteiger partial charge in [-0.2, -0.15) is 0 Å². The van der Waals surface area contributed by atoms with Crippen molar-refractivity contribution in [2.45, 2.75) is 6.92 Å². The maximum Gasteiger partial charge on any atom is 0.227 e. The number of hydrogen-bond donors (Lipinski definition) is 0. The molecule has 0 radical (unpaired) electrons. The second-order valence-corrected chi connectivity index (χ2v) is 7.14. The van der Waals surface area contributed by atoms with Crippen molar-refractivity contribution in [3.63, 3.8) is 0 Å². The molecule has 2 aromatic heterocycles. The molecule has 0 spiro atoms. The maximum atomic E-state index is 14.3. The van der Waals surface area contributed by atoms with Crippen molar-refractivity contribution >= 4 is 27.5 Å². The van der Waals surface area contributed by atoms with Crippen molar-refractivity contribution in [2.75, 3.05) is 31.1 Å². The number of halogens is 1. The zero-order chi connectivity index (χ0) is 16.7. The van der Waals surface area contributed by atoms with Crippen molar-refractivity contribution in [3.05, 3.63) is 46.9 Å². The molecule has 24 heavy (non-hydrogen) atoms. The van der Waals surface area contributed by atoms with Crippen LogP contribution < -0.4 is 4.90 Å². The van der Waals surface area contributed by atoms with E-state index < -0.39 is 0 Å². The summed E-state index contributed by atoms with van der Waals surface area (Å²) in [6.07, 6.45) is 0. The molecule has 3 heterocycles. The Morgan fingerprint density at radius 1 is 1.12 bits per heavy atom. The first-order chi connectivity index (χ1) is 11.6. The lowest BCUT2D eigenvalue weighted by Gasteiger charge is -2.37. The summed E-state index contributed by atoms with van der Waals surface area (Å²) in [7, 11) is 0. The van der Waals surface area contributed by atoms with E-state index in [1.54, 1.807) is 28.5 Å². The highest BCUT2D eigenvalue weighted by molar-refractivity contribution is 7.18. The van der Waals surface area contributed by atoms with Crippen LogP contribution in [0.3, 0.4) is 0 Å². The van der Waals surface area contributed by atoms with Gasteiger partial charge in [0.1, 0.15) is 10.6 Å². The molecule has 1 saturated heterocycles. The van der Waals surface area contributed by atoms with Gasteiger partial charge in [-0.15, -0.1) is 11.3 Å². The Hall–Kier alpha value is -2.09. The van der Waals surface area contributed by atoms with Gasteiger partial charge in [0.2, 0.25) is 5.95 Å². The number of aryl methyl sites for hydroxylation is 1. The van der Waals surface area contributed by atoms with Gasteiger partial charge < -0.3 is 15.8 Å². The molecule has 7 heteroatoms. The molecule has 4 rings (SSSR count). The Kier molecular flexibility index (Phi) is 3.91. The molecule has 3 aromatic rings. The van der Waals surface area contributed by atoms with E-state index in [0.29, 0.717) is 43.4 Å². The minimum absolute atomic E-state index is 0.275. The van der Waals surface area contributed by atoms with Gasteiger partial charge in [0.25, 0.3) is 0 Å². The molecule has 1 aliphatic heterocycles. The molecular weight excluding hydrogens is 325 g/mol. The average molecular weight is 342 g/mol. The second kappa shape index (κ2) is 6.08. The van der Waals surface area contributed by atoms with E-state index >= 15 is 0 Å². The summed E-state index contributed by atoms with van der Waals surface area (Å²) < 4.78 is 14.3. The average Bonchev–Trinajstić information content (AvgIpc) is 2.95. The van der Waals surface area contributed by atoms with Gasteiger partial charge in [0.15, 0.2) is 0 Å². The highest BCUT2D eigenvalue weighted by Crippen LogP contribution is 2.34. The zero-order valence-corrected chi connectivity index (χ0v) is 14.1. The van der Waals surface area contributed by atoms with Gasteiger partial charge in [0.05, 0.1) is 5.69 Å². The van der Waals surface area contributed by atoms with Crippen LogP contribution in [0, 0.1) is 12.7 Å². The van der Waals surface area contributed by atoms with Gasteiger partial charge in [0, 0.05) is 28.9 Å². The van der Waals surface area contributed by atoms with E-state index in [1.807, 2.05) is 19.1 Å². The fraction of sp³-hybridized carbons (Fsp3) is 0.294. The van der Waals surface area contributed by atoms with Crippen LogP contribution in [0.2, 0.25) is 0 Å². The summed E-state index contributed by atoms with van der Waals surface area (Å²) in [5.74, 6) is 8.03. The van der Waals surface area contributed by atoms with E-state index in [0.717, 1.165) is 15.1 Å². The number of thiophene rings is 1. The highest BCUT2D eigenvalue weighted by atomic mass is 32.1. The van der Waals surface area contributed by atoms with Crippen LogP contribution in [0.25, 0.3) is 27.3 Å². The second-order valence-electron chi connectivity index (χ2n) is 5.90. The fourth-order valence-corrected chi connectivity index (χ4v) is 3.81. The molecule has 1 aromatic carbocycles. The quantitative estimate of drug-likeness (QED) is 0.709. The number of nitrogens with zero attached hydrogens (tertiary/aromatic N) is 4. The number of rotatable bonds is 2. The highest BCUT2D eigenvalue weighted by Gasteiger charge is 2.20. The molecule has 0 aliphatic carbocycles. The molecule has 0 bridgehead atoms. The molecule has 0 unspecified atom stereocenters. The van der Waals surface area contributed by atoms with Crippen LogP contribution in [0.1, 0.15) is 4.88 Å². The van der Waals surface area contributed by atoms with Crippen molar-refractivity contribution in [2.24, 2.45) is 0 Å². The summed E-state index contributed by atoms with van der Waals surface area (Å²) in [5.41, 5.74) is 1.15. The molecule has 1 N–H and O–H groups in total. The summed E-state index contributed by atoms with van der Waals surface area (Å²) >= 11 is 1.60. The molecule has 1 aliphatic rings. The van der Waals surface area contributed by atoms with E-state index in [-0.39, 0.29) is 5.82 Å². The molecule has 0 saturated carbocycles. The third kappa shape index (κ3) is 2.75. The lowest BCUT2D eigenvalue weighted by atomic mass is 10.1. The van der Waals surface area contributed by atoms with Gasteiger partial charge in [-0.3, -0.25) is 0 Å². The Labute approximate surface area is 143 Å². The van der Waals surface area contributed by atoms with E-state index in [4.69, 9.17) is 15.8 Å². The van der Waals surface area contributed by atoms with Gasteiger partial charge in [-0.05, 0) is 38.2 Å². The number of aromatic nitrogens is 2. The lowest BCUT2D eigenvalue weighted by molar-refractivity contribution is 0.348. The van der Waals surface area contributed by atoms with Crippen LogP contribution in [-0.4, -0.2) is 41.2 Å². The van der Waals surface area contributed by atoms with E-state index in [1.165, 1.54) is 6.07 Å². The fourth-order valence-electron chi connectivity index (χ4n) is 2.94. The number of piperazine rings is 1. The van der Waals surface area contributed by atoms with Crippen molar-refractivity contribution in [1.82, 2.24) is 15.0 Å². The largest absolute Gasteiger partial charge is 0.610 e. The van der Waals surface area contributed by atoms with Crippen LogP contribution in [0.5, 0.6) is 0 Å². The van der Waals surface area contributed by atoms with Crippen molar-refractivity contribution in [3.8, 4) is 11.3 Å². The summed E-state index contributed by atoms with van der Waals surface area (Å²) in [6, 6.07) is 8.75. The van der Waals surface area contributed by atoms with E-state index in [9.17, 15) is 4.39 Å². The third-order valence-electron chi connectivity index (χ3n) is 4.20. The van der Waals surface area contributed by atoms with Gasteiger partial charge >= 0.3 is 0 Å². The summed E-state index contributed by atoms with van der Waals surface area (Å²) in [6.45, 7) is 4.74. The maximum absolute atomic E-state index is 14.3.